The van der Waals surface area contributed by atoms with Crippen molar-refractivity contribution >= 4 is 38.8 Å². The van der Waals surface area contributed by atoms with E-state index >= 15 is 0 Å². The van der Waals surface area contributed by atoms with E-state index in [1.54, 1.807) is 0 Å². The van der Waals surface area contributed by atoms with Crippen LogP contribution >= 0.6 is 0 Å². The van der Waals surface area contributed by atoms with Crippen molar-refractivity contribution in [3.05, 3.63) is 95.1 Å². The van der Waals surface area contributed by atoms with E-state index in [0.29, 0.717) is 26.4 Å². The molecule has 0 aliphatic carbocycles. The van der Waals surface area contributed by atoms with Gasteiger partial charge in [-0.25, -0.2) is 0 Å². The van der Waals surface area contributed by atoms with Gasteiger partial charge < -0.3 is 23.1 Å². The van der Waals surface area contributed by atoms with Crippen molar-refractivity contribution in [1.82, 2.24) is 0 Å². The van der Waals surface area contributed by atoms with Crippen LogP contribution in [0.5, 0.6) is 23.0 Å². The van der Waals surface area contributed by atoms with Crippen LogP contribution in [0.4, 0.5) is 0 Å². The van der Waals surface area contributed by atoms with Crippen LogP contribution in [-0.2, 0) is 29.8 Å². The lowest BCUT2D eigenvalue weighted by Gasteiger charge is -2.30. The molecule has 7 heteroatoms. The van der Waals surface area contributed by atoms with Crippen molar-refractivity contribution in [2.45, 2.75) is 81.1 Å². The van der Waals surface area contributed by atoms with Gasteiger partial charge in [-0.1, -0.05) is 76.2 Å². The average molecular weight is 669 g/mol. The average Bonchev–Trinajstić information content (AvgIpc) is 3.09. The van der Waals surface area contributed by atoms with Gasteiger partial charge in [0.05, 0.1) is 26.4 Å². The maximum atomic E-state index is 7.88. The molecule has 0 bridgehead atoms. The molecule has 0 N–H and O–H groups in total. The topological polar surface area (TPSA) is 46.2 Å². The number of ether oxygens (including phenoxy) is 4. The molecular weight excluding hydrogens is 617 g/mol. The van der Waals surface area contributed by atoms with Gasteiger partial charge in [-0.05, 0) is 121 Å². The van der Waals surface area contributed by atoms with Crippen LogP contribution < -0.4 is 39.7 Å². The third kappa shape index (κ3) is 8.14. The molecule has 4 aromatic rings. The number of rotatable bonds is 18. The van der Waals surface area contributed by atoms with Crippen molar-refractivity contribution in [3.63, 3.8) is 0 Å². The normalized spacial score (nSPS) is 11.3. The van der Waals surface area contributed by atoms with Crippen molar-refractivity contribution in [3.8, 4) is 23.0 Å². The number of benzene rings is 4. The van der Waals surface area contributed by atoms with Crippen LogP contribution in [-0.4, -0.2) is 44.5 Å². The minimum Gasteiger partial charge on any atom is -0.494 e. The summed E-state index contributed by atoms with van der Waals surface area (Å²) in [6.07, 6.45) is 3.38. The third-order valence-corrected chi connectivity index (χ3v) is 13.8. The van der Waals surface area contributed by atoms with Gasteiger partial charge in [0.15, 0.2) is 0 Å². The smallest absolute Gasteiger partial charge is 0.273 e. The molecule has 0 saturated heterocycles. The second-order valence-electron chi connectivity index (χ2n) is 11.0. The van der Waals surface area contributed by atoms with Crippen molar-refractivity contribution < 1.29 is 23.1 Å². The van der Waals surface area contributed by atoms with Crippen molar-refractivity contribution in [2.75, 3.05) is 26.4 Å². The summed E-state index contributed by atoms with van der Waals surface area (Å²) in [4.78, 5) is 0. The maximum absolute atomic E-state index is 7.88. The zero-order valence-corrected chi connectivity index (χ0v) is 31.6. The summed E-state index contributed by atoms with van der Waals surface area (Å²) in [7, 11) is -3.70. The Kier molecular flexibility index (Phi) is 14.0. The first-order valence-electron chi connectivity index (χ1n) is 17.4. The Labute approximate surface area is 286 Å². The van der Waals surface area contributed by atoms with Crippen LogP contribution in [0, 0.1) is 0 Å². The first-order chi connectivity index (χ1) is 23.0. The fourth-order valence-electron chi connectivity index (χ4n) is 6.35. The van der Waals surface area contributed by atoms with E-state index in [2.05, 4.69) is 100 Å². The fourth-order valence-corrected chi connectivity index (χ4v) is 12.8. The van der Waals surface area contributed by atoms with Crippen molar-refractivity contribution in [1.29, 1.82) is 0 Å². The van der Waals surface area contributed by atoms with Crippen LogP contribution in [0.25, 0.3) is 0 Å². The van der Waals surface area contributed by atoms with Gasteiger partial charge in [-0.2, -0.15) is 0 Å². The molecule has 0 aliphatic heterocycles. The second-order valence-corrected chi connectivity index (χ2v) is 15.3. The van der Waals surface area contributed by atoms with Crippen LogP contribution in [0.15, 0.2) is 72.8 Å². The van der Waals surface area contributed by atoms with Gasteiger partial charge in [0.2, 0.25) is 0 Å². The summed E-state index contributed by atoms with van der Waals surface area (Å²) in [6.45, 7) is 19.5. The predicted molar refractivity (Wildman–Crippen MR) is 199 cm³/mol. The third-order valence-electron chi connectivity index (χ3n) is 8.33. The summed E-state index contributed by atoms with van der Waals surface area (Å²) in [6, 6.07) is 25.9. The quantitative estimate of drug-likeness (QED) is 0.114. The molecule has 4 aromatic carbocycles. The highest BCUT2D eigenvalue weighted by molar-refractivity contribution is 6.92. The highest BCUT2D eigenvalue weighted by Crippen LogP contribution is 2.25. The number of hydrogen-bond donors (Lipinski definition) is 0. The van der Waals surface area contributed by atoms with E-state index in [1.807, 2.05) is 27.7 Å². The van der Waals surface area contributed by atoms with Crippen LogP contribution in [0.1, 0.15) is 77.6 Å². The lowest BCUT2D eigenvalue weighted by molar-refractivity contribution is 0.337. The molecule has 47 heavy (non-hydrogen) atoms. The summed E-state index contributed by atoms with van der Waals surface area (Å²) in [5, 5.41) is 4.92. The maximum Gasteiger partial charge on any atom is 0.273 e. The molecule has 2 radical (unpaired) electrons. The monoisotopic (exact) mass is 668 g/mol. The Balaban J connectivity index is 2.08. The lowest BCUT2D eigenvalue weighted by atomic mass is 10.1. The van der Waals surface area contributed by atoms with Gasteiger partial charge in [0.25, 0.3) is 18.1 Å². The Morgan fingerprint density at radius 1 is 0.362 bits per heavy atom. The zero-order chi connectivity index (χ0) is 33.8. The van der Waals surface area contributed by atoms with E-state index in [-0.39, 0.29) is 0 Å². The van der Waals surface area contributed by atoms with E-state index in [4.69, 9.17) is 23.1 Å². The SMILES string of the molecule is CCOc1cccc([Si](O[Si](c2cccc(OCC)c2CC)c2cccc(OCC)c2CC)c2cccc(OCC)c2CC)c1CC. The molecule has 0 spiro atoms. The highest BCUT2D eigenvalue weighted by atomic mass is 28.4. The van der Waals surface area contributed by atoms with E-state index in [0.717, 1.165) is 48.7 Å². The van der Waals surface area contributed by atoms with Gasteiger partial charge in [0, 0.05) is 0 Å². The predicted octanol–water partition coefficient (Wildman–Crippen LogP) is 6.46. The minimum atomic E-state index is -1.85. The summed E-state index contributed by atoms with van der Waals surface area (Å²) in [5.41, 5.74) is 4.86. The molecule has 0 heterocycles. The molecular formula is C40H52O5Si2. The molecule has 0 fully saturated rings. The minimum absolute atomic E-state index is 0.614. The number of hydrogen-bond acceptors (Lipinski definition) is 5. The summed E-state index contributed by atoms with van der Waals surface area (Å²) < 4.78 is 32.7. The van der Waals surface area contributed by atoms with Gasteiger partial charge in [-0.3, -0.25) is 0 Å². The Bertz CT molecular complexity index is 1360. The largest absolute Gasteiger partial charge is 0.494 e. The molecule has 250 valence electrons. The van der Waals surface area contributed by atoms with Gasteiger partial charge in [-0.15, -0.1) is 0 Å². The summed E-state index contributed by atoms with van der Waals surface area (Å²) in [5.74, 6) is 3.75. The van der Waals surface area contributed by atoms with E-state index < -0.39 is 18.1 Å². The van der Waals surface area contributed by atoms with Crippen molar-refractivity contribution in [2.24, 2.45) is 0 Å². The van der Waals surface area contributed by atoms with Gasteiger partial charge >= 0.3 is 0 Å². The zero-order valence-electron chi connectivity index (χ0n) is 29.6. The lowest BCUT2D eigenvalue weighted by Crippen LogP contribution is -2.58. The van der Waals surface area contributed by atoms with Crippen LogP contribution in [0.2, 0.25) is 0 Å². The Morgan fingerprint density at radius 2 is 0.596 bits per heavy atom. The highest BCUT2D eigenvalue weighted by Gasteiger charge is 2.35. The molecule has 0 amide bonds. The first-order valence-corrected chi connectivity index (χ1v) is 20.2. The standard InChI is InChI=1S/C40H52O5Si2/c1-9-29-33(41-13-5)21-17-25-37(29)46(38-26-18-22-34(42-14-6)30(38)10-2)45-47(39-27-19-23-35(43-15-7)31(39)11-3)40-28-20-24-36(44-16-8)32(40)12-4/h17-28H,9-16H2,1-8H3. The second kappa shape index (κ2) is 18.1. The molecule has 4 rings (SSSR count). The molecule has 0 saturated carbocycles. The fraction of sp³-hybridized carbons (Fsp3) is 0.400. The Hall–Kier alpha value is -3.53. The summed E-state index contributed by atoms with van der Waals surface area (Å²) >= 11 is 0. The molecule has 0 aromatic heterocycles. The molecule has 0 unspecified atom stereocenters. The Morgan fingerprint density at radius 3 is 0.787 bits per heavy atom. The van der Waals surface area contributed by atoms with E-state index in [1.165, 1.54) is 43.0 Å². The molecule has 5 nitrogen and oxygen atoms in total. The van der Waals surface area contributed by atoms with Gasteiger partial charge in [0.1, 0.15) is 23.0 Å². The first kappa shape index (κ1) is 36.3. The molecule has 0 aliphatic rings. The molecule has 0 atom stereocenters. The van der Waals surface area contributed by atoms with E-state index in [9.17, 15) is 0 Å². The van der Waals surface area contributed by atoms with Crippen LogP contribution in [0.3, 0.4) is 0 Å².